The number of hydrogen-bond acceptors (Lipinski definition) is 19. The number of aryl methyl sites for hydroxylation is 1. The molecule has 2 N–H and O–H groups in total. The van der Waals surface area contributed by atoms with Crippen molar-refractivity contribution in [3.63, 3.8) is 0 Å². The smallest absolute Gasteiger partial charge is 0.336 e. The fourth-order valence-corrected chi connectivity index (χ4v) is 13.9. The maximum atomic E-state index is 15.3. The number of fused-ring (bicyclic) bond motifs is 10. The van der Waals surface area contributed by atoms with Crippen molar-refractivity contribution in [1.82, 2.24) is 15.1 Å². The third kappa shape index (κ3) is 7.16. The average Bonchev–Trinajstić information content (AvgIpc) is 3.84. The molecule has 1 aromatic heterocycles. The van der Waals surface area contributed by atoms with E-state index in [1.54, 1.807) is 24.3 Å². The van der Waals surface area contributed by atoms with Gasteiger partial charge in [0.2, 0.25) is 6.79 Å². The molecular formula is C53H53N5O13S. The number of hydrogen-bond donors (Lipinski definition) is 2. The first kappa shape index (κ1) is 47.4. The number of piperazine rings is 1. The fourth-order valence-electron chi connectivity index (χ4n) is 12.2. The van der Waals surface area contributed by atoms with E-state index in [1.165, 1.54) is 39.0 Å². The molecule has 18 nitrogen and oxygen atoms in total. The Morgan fingerprint density at radius 2 is 1.76 bits per heavy atom. The van der Waals surface area contributed by atoms with E-state index in [0.717, 1.165) is 16.8 Å². The Hall–Kier alpha value is -6.98. The van der Waals surface area contributed by atoms with Crippen molar-refractivity contribution < 1.29 is 57.1 Å². The SMILES string of the molecule is COc1cc2c(cc1OC(=O)Cc1cc(=O)oc3cc(N(C)C)ccc13)CCN[C@]21CS[C@@H]2c3c(OC(C)=O)c(C)c4c(c3[C@@H](COC1=O)N1C2[C@H]2c3c(cc(C)c(OC)c3O)C[C@H]([C@@H]1C#N)N2C)OCO4. The minimum Gasteiger partial charge on any atom is -0.504 e. The number of nitriles is 1. The molecule has 0 saturated carbocycles. The first-order valence-corrected chi connectivity index (χ1v) is 24.8. The third-order valence-electron chi connectivity index (χ3n) is 15.3. The summed E-state index contributed by atoms with van der Waals surface area (Å²) in [5, 5.41) is 27.0. The molecule has 1 unspecified atom stereocenters. The van der Waals surface area contributed by atoms with Crippen LogP contribution in [-0.2, 0) is 43.9 Å². The van der Waals surface area contributed by atoms with Gasteiger partial charge in [-0.15, -0.1) is 11.8 Å². The van der Waals surface area contributed by atoms with Crippen molar-refractivity contribution in [2.75, 3.05) is 66.0 Å². The number of esters is 3. The highest BCUT2D eigenvalue weighted by Gasteiger charge is 2.62. The van der Waals surface area contributed by atoms with Crippen molar-refractivity contribution in [2.45, 2.75) is 81.0 Å². The standard InChI is InChI=1S/C53H53N5O13S/c1-24-13-29-14-33-34(20-54)58-35-21-66-52(63)53(32-19-37(64-7)38(15-27(32)11-12-55-53)71-40(61)17-28-16-39(60)70-36-18-30(56(4)5)9-10-31(28)36)22-72-51(45(58)44(57(33)6)41(29)46(62)47(24)65-8)43-42(35)50-49(67-23-68-50)25(2)48(43)69-26(3)59/h9-10,13,15-16,18-19,33-35,44-45,51,55,62H,11-12,14,17,21-23H2,1-8H3/t33-,34+,35-,44-,45?,51-,53-/m1/s1. The number of phenolic OH excluding ortho intramolecular Hbond substituents is 1. The maximum absolute atomic E-state index is 15.3. The van der Waals surface area contributed by atoms with Gasteiger partial charge in [0.1, 0.15) is 24.0 Å². The number of anilines is 1. The predicted octanol–water partition coefficient (Wildman–Crippen LogP) is 5.60. The zero-order valence-electron chi connectivity index (χ0n) is 41.0. The molecular weight excluding hydrogens is 947 g/mol. The van der Waals surface area contributed by atoms with Crippen LogP contribution in [0.5, 0.6) is 40.2 Å². The molecule has 4 bridgehead atoms. The van der Waals surface area contributed by atoms with Gasteiger partial charge in [-0.25, -0.2) is 9.59 Å². The second-order valence-corrected chi connectivity index (χ2v) is 20.5. The lowest BCUT2D eigenvalue weighted by molar-refractivity contribution is -0.157. The van der Waals surface area contributed by atoms with Gasteiger partial charge in [-0.1, -0.05) is 6.07 Å². The summed E-state index contributed by atoms with van der Waals surface area (Å²) < 4.78 is 48.4. The Morgan fingerprint density at radius 3 is 2.50 bits per heavy atom. The lowest BCUT2D eigenvalue weighted by atomic mass is 9.71. The minimum absolute atomic E-state index is 0.00850. The lowest BCUT2D eigenvalue weighted by Gasteiger charge is -2.62. The van der Waals surface area contributed by atoms with E-state index in [1.807, 2.05) is 52.0 Å². The number of rotatable bonds is 7. The molecule has 374 valence electrons. The normalized spacial score (nSPS) is 24.8. The Bertz CT molecular complexity index is 3260. The monoisotopic (exact) mass is 999 g/mol. The largest absolute Gasteiger partial charge is 0.504 e. The van der Waals surface area contributed by atoms with Crippen molar-refractivity contribution in [3.05, 3.63) is 103 Å². The van der Waals surface area contributed by atoms with Crippen molar-refractivity contribution in [3.8, 4) is 46.3 Å². The van der Waals surface area contributed by atoms with Crippen molar-refractivity contribution >= 4 is 46.3 Å². The highest BCUT2D eigenvalue weighted by molar-refractivity contribution is 7.99. The van der Waals surface area contributed by atoms with Crippen LogP contribution < -0.4 is 44.3 Å². The topological polar surface area (TPSA) is 212 Å². The number of methoxy groups -OCH3 is 2. The van der Waals surface area contributed by atoms with Crippen LogP contribution in [0.15, 0.2) is 51.7 Å². The first-order valence-electron chi connectivity index (χ1n) is 23.7. The van der Waals surface area contributed by atoms with E-state index in [0.29, 0.717) is 86.5 Å². The number of aromatic hydroxyl groups is 1. The van der Waals surface area contributed by atoms with Gasteiger partial charge in [0.25, 0.3) is 0 Å². The number of nitrogens with one attached hydrogen (secondary N) is 1. The van der Waals surface area contributed by atoms with E-state index in [9.17, 15) is 24.8 Å². The molecule has 5 aromatic rings. The van der Waals surface area contributed by atoms with Gasteiger partial charge >= 0.3 is 23.5 Å². The zero-order chi connectivity index (χ0) is 50.7. The van der Waals surface area contributed by atoms with Crippen LogP contribution in [0.2, 0.25) is 0 Å². The Balaban J connectivity index is 1.04. The van der Waals surface area contributed by atoms with Gasteiger partial charge in [0, 0.05) is 90.9 Å². The summed E-state index contributed by atoms with van der Waals surface area (Å²) in [4.78, 5) is 61.1. The minimum atomic E-state index is -1.50. The Labute approximate surface area is 418 Å². The van der Waals surface area contributed by atoms with Crippen LogP contribution in [0.3, 0.4) is 0 Å². The maximum Gasteiger partial charge on any atom is 0.336 e. The highest BCUT2D eigenvalue weighted by Crippen LogP contribution is 2.64. The number of carbonyl (C=O) groups excluding carboxylic acids is 3. The number of phenols is 1. The summed E-state index contributed by atoms with van der Waals surface area (Å²) in [6.07, 6.45) is 0.654. The van der Waals surface area contributed by atoms with Crippen LogP contribution >= 0.6 is 11.8 Å². The summed E-state index contributed by atoms with van der Waals surface area (Å²) in [6.45, 7) is 5.03. The van der Waals surface area contributed by atoms with Gasteiger partial charge in [0.05, 0.1) is 44.0 Å². The van der Waals surface area contributed by atoms with Crippen LogP contribution in [0.25, 0.3) is 11.0 Å². The molecule has 7 atom stereocenters. The van der Waals surface area contributed by atoms with Crippen LogP contribution in [0, 0.1) is 25.2 Å². The van der Waals surface area contributed by atoms with E-state index in [2.05, 4.69) is 21.2 Å². The van der Waals surface area contributed by atoms with E-state index < -0.39 is 58.5 Å². The van der Waals surface area contributed by atoms with Crippen LogP contribution in [0.4, 0.5) is 5.69 Å². The van der Waals surface area contributed by atoms with E-state index in [4.69, 9.17) is 37.6 Å². The van der Waals surface area contributed by atoms with Crippen LogP contribution in [0.1, 0.15) is 74.3 Å². The van der Waals surface area contributed by atoms with Gasteiger partial charge < -0.3 is 47.6 Å². The number of carbonyl (C=O) groups is 3. The van der Waals surface area contributed by atoms with E-state index >= 15 is 4.79 Å². The zero-order valence-corrected chi connectivity index (χ0v) is 41.8. The molecule has 1 spiro atoms. The summed E-state index contributed by atoms with van der Waals surface area (Å²) in [5.74, 6) is 0.0639. The summed E-state index contributed by atoms with van der Waals surface area (Å²) >= 11 is 1.44. The van der Waals surface area contributed by atoms with Gasteiger partial charge in [-0.05, 0) is 85.8 Å². The summed E-state index contributed by atoms with van der Waals surface area (Å²) in [5.41, 5.74) is 4.87. The van der Waals surface area contributed by atoms with Gasteiger partial charge in [-0.2, -0.15) is 5.26 Å². The second-order valence-electron chi connectivity index (χ2n) is 19.4. The Kier molecular flexibility index (Phi) is 11.6. The summed E-state index contributed by atoms with van der Waals surface area (Å²) in [7, 11) is 8.69. The molecule has 72 heavy (non-hydrogen) atoms. The average molecular weight is 1000 g/mol. The molecule has 19 heteroatoms. The second kappa shape index (κ2) is 17.7. The van der Waals surface area contributed by atoms with E-state index in [-0.39, 0.29) is 54.6 Å². The molecule has 0 amide bonds. The predicted molar refractivity (Wildman–Crippen MR) is 262 cm³/mol. The van der Waals surface area contributed by atoms with Gasteiger partial charge in [0.15, 0.2) is 40.0 Å². The molecule has 7 aliphatic rings. The molecule has 0 aliphatic carbocycles. The summed E-state index contributed by atoms with van der Waals surface area (Å²) in [6, 6.07) is 11.7. The number of likely N-dealkylation sites (N-methyl/N-ethyl adjacent to an activating group) is 1. The fraction of sp³-hybridized carbons (Fsp3) is 0.415. The van der Waals surface area contributed by atoms with Gasteiger partial charge in [-0.3, -0.25) is 24.7 Å². The number of benzene rings is 4. The quantitative estimate of drug-likeness (QED) is 0.115. The first-order chi connectivity index (χ1) is 34.6. The van der Waals surface area contributed by atoms with Crippen molar-refractivity contribution in [1.29, 1.82) is 5.26 Å². The molecule has 12 rings (SSSR count). The molecule has 4 aromatic carbocycles. The highest BCUT2D eigenvalue weighted by atomic mass is 32.2. The lowest BCUT2D eigenvalue weighted by Crippen LogP contribution is -2.69. The molecule has 7 aliphatic heterocycles. The Morgan fingerprint density at radius 1 is 0.972 bits per heavy atom. The number of thioether (sulfide) groups is 1. The number of nitrogens with zero attached hydrogens (tertiary/aromatic N) is 4. The molecule has 8 heterocycles. The molecule has 2 saturated heterocycles. The van der Waals surface area contributed by atoms with Crippen LogP contribution in [-0.4, -0.2) is 112 Å². The van der Waals surface area contributed by atoms with Crippen molar-refractivity contribution in [2.24, 2.45) is 0 Å². The molecule has 2 fully saturated rings. The number of ether oxygens (including phenoxy) is 7. The molecule has 0 radical (unpaired) electrons. The third-order valence-corrected chi connectivity index (χ3v) is 16.8.